The molecule has 0 aromatic heterocycles. The molecule has 11 heavy (non-hydrogen) atoms. The van der Waals surface area contributed by atoms with E-state index >= 15 is 0 Å². The molecular weight excluding hydrogens is 207 g/mol. The van der Waals surface area contributed by atoms with Crippen LogP contribution in [0.4, 0.5) is 0 Å². The van der Waals surface area contributed by atoms with Crippen LogP contribution in [-0.2, 0) is 9.53 Å². The molecular formula is C8H12O2Se. The quantitative estimate of drug-likeness (QED) is 0.522. The van der Waals surface area contributed by atoms with Gasteiger partial charge < -0.3 is 0 Å². The third kappa shape index (κ3) is 2.91. The maximum atomic E-state index is 10.9. The third-order valence-corrected chi connectivity index (χ3v) is 4.92. The van der Waals surface area contributed by atoms with E-state index in [0.717, 1.165) is 0 Å². The van der Waals surface area contributed by atoms with Crippen LogP contribution in [0, 0.1) is 0 Å². The zero-order valence-electron chi connectivity index (χ0n) is 6.49. The molecule has 0 bridgehead atoms. The van der Waals surface area contributed by atoms with E-state index in [4.69, 9.17) is 4.74 Å². The van der Waals surface area contributed by atoms with Crippen LogP contribution in [-0.4, -0.2) is 26.5 Å². The second-order valence-electron chi connectivity index (χ2n) is 2.16. The standard InChI is InChI=1S/C8H12O2Se/c1-2-10-8(9)7-11-5-3-4-6-11/h3-6,11H,2,7H2,1H3. The Morgan fingerprint density at radius 2 is 2.09 bits per heavy atom. The van der Waals surface area contributed by atoms with Crippen molar-refractivity contribution in [1.29, 1.82) is 0 Å². The number of esters is 1. The van der Waals surface area contributed by atoms with Crippen LogP contribution in [0.2, 0.25) is 5.32 Å². The molecule has 0 fully saturated rings. The van der Waals surface area contributed by atoms with Gasteiger partial charge in [-0.2, -0.15) is 0 Å². The monoisotopic (exact) mass is 220 g/mol. The Bertz CT molecular complexity index is 184. The van der Waals surface area contributed by atoms with Gasteiger partial charge in [0.1, 0.15) is 0 Å². The summed E-state index contributed by atoms with van der Waals surface area (Å²) in [4.78, 5) is 15.2. The molecule has 1 aliphatic rings. The molecule has 0 saturated carbocycles. The van der Waals surface area contributed by atoms with Gasteiger partial charge in [-0.15, -0.1) is 0 Å². The van der Waals surface area contributed by atoms with Crippen LogP contribution in [0.3, 0.4) is 0 Å². The summed E-state index contributed by atoms with van der Waals surface area (Å²) in [5.74, 6) is -0.0521. The average molecular weight is 219 g/mol. The van der Waals surface area contributed by atoms with Crippen molar-refractivity contribution in [3.05, 3.63) is 22.1 Å². The van der Waals surface area contributed by atoms with Crippen molar-refractivity contribution in [3.8, 4) is 0 Å². The summed E-state index contributed by atoms with van der Waals surface area (Å²) in [6.45, 7) is 2.33. The van der Waals surface area contributed by atoms with Gasteiger partial charge in [0.2, 0.25) is 0 Å². The maximum absolute atomic E-state index is 10.9. The third-order valence-electron chi connectivity index (χ3n) is 1.28. The number of carbonyl (C=O) groups is 1. The van der Waals surface area contributed by atoms with E-state index in [1.54, 1.807) is 0 Å². The van der Waals surface area contributed by atoms with Gasteiger partial charge in [0, 0.05) is 0 Å². The van der Waals surface area contributed by atoms with Crippen molar-refractivity contribution in [2.75, 3.05) is 6.61 Å². The first kappa shape index (κ1) is 8.56. The number of rotatable bonds is 3. The molecule has 0 saturated heterocycles. The molecule has 0 N–H and O–H groups in total. The van der Waals surface area contributed by atoms with Crippen LogP contribution >= 0.6 is 0 Å². The summed E-state index contributed by atoms with van der Waals surface area (Å²) >= 11 is -1.07. The molecule has 0 aromatic rings. The second kappa shape index (κ2) is 4.37. The Balaban J connectivity index is 2.25. The van der Waals surface area contributed by atoms with Crippen molar-refractivity contribution in [1.82, 2.24) is 0 Å². The molecule has 2 nitrogen and oxygen atoms in total. The van der Waals surface area contributed by atoms with E-state index in [9.17, 15) is 4.79 Å². The summed E-state index contributed by atoms with van der Waals surface area (Å²) in [5, 5.41) is 0.619. The molecule has 0 atom stereocenters. The predicted molar refractivity (Wildman–Crippen MR) is 46.9 cm³/mol. The summed E-state index contributed by atoms with van der Waals surface area (Å²) in [6.07, 6.45) is 4.03. The number of hydrogen-bond acceptors (Lipinski definition) is 2. The molecule has 1 rings (SSSR count). The number of ether oxygens (including phenoxy) is 1. The normalized spacial score (nSPS) is 17.4. The Labute approximate surface area is 70.8 Å². The number of carbonyl (C=O) groups excluding carboxylic acids is 1. The Kier molecular flexibility index (Phi) is 3.40. The molecule has 0 amide bonds. The first-order chi connectivity index (χ1) is 5.33. The van der Waals surface area contributed by atoms with E-state index in [0.29, 0.717) is 11.9 Å². The van der Waals surface area contributed by atoms with E-state index in [1.807, 2.05) is 19.1 Å². The molecule has 0 radical (unpaired) electrons. The molecule has 0 aliphatic carbocycles. The van der Waals surface area contributed by atoms with Gasteiger partial charge in [0.15, 0.2) is 0 Å². The van der Waals surface area contributed by atoms with E-state index in [1.165, 1.54) is 0 Å². The zero-order valence-corrected chi connectivity index (χ0v) is 8.36. The fourth-order valence-corrected chi connectivity index (χ4v) is 3.64. The zero-order chi connectivity index (χ0) is 8.10. The van der Waals surface area contributed by atoms with Crippen molar-refractivity contribution in [3.63, 3.8) is 0 Å². The van der Waals surface area contributed by atoms with Crippen molar-refractivity contribution in [2.45, 2.75) is 12.2 Å². The van der Waals surface area contributed by atoms with Gasteiger partial charge in [-0.05, 0) is 0 Å². The van der Waals surface area contributed by atoms with Gasteiger partial charge >= 0.3 is 70.4 Å². The fraction of sp³-hybridized carbons (Fsp3) is 0.375. The van der Waals surface area contributed by atoms with Crippen molar-refractivity contribution in [2.24, 2.45) is 0 Å². The second-order valence-corrected chi connectivity index (χ2v) is 6.23. The molecule has 1 aliphatic heterocycles. The van der Waals surface area contributed by atoms with Crippen molar-refractivity contribution >= 4 is 19.9 Å². The fourth-order valence-electron chi connectivity index (χ4n) is 0.831. The number of allylic oxidation sites excluding steroid dienone is 2. The van der Waals surface area contributed by atoms with E-state index in [-0.39, 0.29) is 5.97 Å². The van der Waals surface area contributed by atoms with Gasteiger partial charge in [0.25, 0.3) is 0 Å². The molecule has 1 heterocycles. The summed E-state index contributed by atoms with van der Waals surface area (Å²) in [6, 6.07) is 0. The summed E-state index contributed by atoms with van der Waals surface area (Å²) in [7, 11) is 0. The Hall–Kier alpha value is -0.531. The molecule has 0 aromatic carbocycles. The van der Waals surface area contributed by atoms with Crippen LogP contribution in [0.15, 0.2) is 22.1 Å². The molecule has 0 spiro atoms. The molecule has 0 unspecified atom stereocenters. The summed E-state index contributed by atoms with van der Waals surface area (Å²) in [5.41, 5.74) is 0. The number of hydrogen-bond donors (Lipinski definition) is 0. The topological polar surface area (TPSA) is 26.3 Å². The minimum atomic E-state index is -1.07. The van der Waals surface area contributed by atoms with Gasteiger partial charge in [0.05, 0.1) is 0 Å². The van der Waals surface area contributed by atoms with Crippen LogP contribution < -0.4 is 0 Å². The first-order valence-corrected chi connectivity index (χ1v) is 7.08. The van der Waals surface area contributed by atoms with Crippen LogP contribution in [0.5, 0.6) is 0 Å². The van der Waals surface area contributed by atoms with E-state index < -0.39 is 13.9 Å². The van der Waals surface area contributed by atoms with Gasteiger partial charge in [-0.1, -0.05) is 0 Å². The van der Waals surface area contributed by atoms with E-state index in [2.05, 4.69) is 9.95 Å². The Morgan fingerprint density at radius 3 is 2.64 bits per heavy atom. The first-order valence-electron chi connectivity index (χ1n) is 3.59. The SMILES string of the molecule is CCOC(=O)C[SeH]1C=CC=C1. The summed E-state index contributed by atoms with van der Waals surface area (Å²) < 4.78 is 4.83. The predicted octanol–water partition coefficient (Wildman–Crippen LogP) is 0.981. The van der Waals surface area contributed by atoms with Gasteiger partial charge in [-0.3, -0.25) is 0 Å². The molecule has 3 heteroatoms. The van der Waals surface area contributed by atoms with Crippen LogP contribution in [0.1, 0.15) is 6.92 Å². The van der Waals surface area contributed by atoms with Crippen molar-refractivity contribution < 1.29 is 9.53 Å². The van der Waals surface area contributed by atoms with Gasteiger partial charge in [-0.25, -0.2) is 0 Å². The molecule has 62 valence electrons. The average Bonchev–Trinajstić information content (AvgIpc) is 2.40. The Morgan fingerprint density at radius 1 is 1.45 bits per heavy atom. The minimum absolute atomic E-state index is 0.0521. The van der Waals surface area contributed by atoms with Crippen LogP contribution in [0.25, 0.3) is 0 Å².